The van der Waals surface area contributed by atoms with Crippen LogP contribution >= 0.6 is 0 Å². The van der Waals surface area contributed by atoms with E-state index in [0.29, 0.717) is 11.8 Å². The summed E-state index contributed by atoms with van der Waals surface area (Å²) in [6, 6.07) is 8.80. The third kappa shape index (κ3) is 2.13. The molecule has 2 fully saturated rings. The van der Waals surface area contributed by atoms with Gasteiger partial charge in [-0.25, -0.2) is 0 Å². The maximum Gasteiger partial charge on any atom is 0.0588 e. The van der Waals surface area contributed by atoms with Gasteiger partial charge in [0, 0.05) is 31.2 Å². The lowest BCUT2D eigenvalue weighted by atomic mass is 10.00. The highest BCUT2D eigenvalue weighted by Crippen LogP contribution is 2.39. The SMILES string of the molecule is CNCc1ccc(N2CC3CCC(O)C3C2)cc1. The Morgan fingerprint density at radius 3 is 2.67 bits per heavy atom. The lowest BCUT2D eigenvalue weighted by molar-refractivity contribution is 0.133. The Bertz CT molecular complexity index is 403. The van der Waals surface area contributed by atoms with E-state index in [1.165, 1.54) is 17.7 Å². The average Bonchev–Trinajstić information content (AvgIpc) is 2.94. The molecule has 1 aliphatic heterocycles. The minimum absolute atomic E-state index is 0.0661. The first kappa shape index (κ1) is 12.0. The van der Waals surface area contributed by atoms with Gasteiger partial charge in [0.05, 0.1) is 6.10 Å². The lowest BCUT2D eigenvalue weighted by Crippen LogP contribution is -2.24. The van der Waals surface area contributed by atoms with E-state index in [-0.39, 0.29) is 6.10 Å². The van der Waals surface area contributed by atoms with Crippen molar-refractivity contribution >= 4 is 5.69 Å². The number of hydrogen-bond donors (Lipinski definition) is 2. The Balaban J connectivity index is 1.69. The van der Waals surface area contributed by atoms with Crippen molar-refractivity contribution in [2.24, 2.45) is 11.8 Å². The zero-order valence-corrected chi connectivity index (χ0v) is 11.0. The van der Waals surface area contributed by atoms with Crippen LogP contribution in [0.1, 0.15) is 18.4 Å². The van der Waals surface area contributed by atoms with Gasteiger partial charge in [-0.3, -0.25) is 0 Å². The molecule has 18 heavy (non-hydrogen) atoms. The van der Waals surface area contributed by atoms with Gasteiger partial charge in [-0.05, 0) is 43.5 Å². The zero-order valence-electron chi connectivity index (χ0n) is 11.0. The van der Waals surface area contributed by atoms with Gasteiger partial charge >= 0.3 is 0 Å². The number of aliphatic hydroxyl groups is 1. The van der Waals surface area contributed by atoms with Crippen LogP contribution in [-0.2, 0) is 6.54 Å². The molecule has 3 nitrogen and oxygen atoms in total. The van der Waals surface area contributed by atoms with Crippen molar-refractivity contribution in [3.05, 3.63) is 29.8 Å². The van der Waals surface area contributed by atoms with Gasteiger partial charge < -0.3 is 15.3 Å². The van der Waals surface area contributed by atoms with Crippen LogP contribution in [0.5, 0.6) is 0 Å². The lowest BCUT2D eigenvalue weighted by Gasteiger charge is -2.20. The second-order valence-corrected chi connectivity index (χ2v) is 5.67. The van der Waals surface area contributed by atoms with Crippen LogP contribution in [0.15, 0.2) is 24.3 Å². The van der Waals surface area contributed by atoms with E-state index in [0.717, 1.165) is 26.1 Å². The zero-order chi connectivity index (χ0) is 12.5. The van der Waals surface area contributed by atoms with Crippen LogP contribution in [-0.4, -0.2) is 31.3 Å². The van der Waals surface area contributed by atoms with E-state index in [9.17, 15) is 5.11 Å². The highest BCUT2D eigenvalue weighted by atomic mass is 16.3. The quantitative estimate of drug-likeness (QED) is 0.850. The molecule has 2 aliphatic rings. The summed E-state index contributed by atoms with van der Waals surface area (Å²) in [5.74, 6) is 1.21. The number of fused-ring (bicyclic) bond motifs is 1. The van der Waals surface area contributed by atoms with Crippen molar-refractivity contribution in [1.82, 2.24) is 5.32 Å². The minimum atomic E-state index is -0.0661. The fourth-order valence-electron chi connectivity index (χ4n) is 3.48. The molecular formula is C15H22N2O. The van der Waals surface area contributed by atoms with Crippen molar-refractivity contribution in [2.45, 2.75) is 25.5 Å². The molecule has 1 saturated carbocycles. The molecule has 0 radical (unpaired) electrons. The Morgan fingerprint density at radius 2 is 2.00 bits per heavy atom. The first-order valence-electron chi connectivity index (χ1n) is 6.94. The van der Waals surface area contributed by atoms with Gasteiger partial charge in [0.15, 0.2) is 0 Å². The van der Waals surface area contributed by atoms with E-state index in [2.05, 4.69) is 34.5 Å². The van der Waals surface area contributed by atoms with Crippen LogP contribution in [0.3, 0.4) is 0 Å². The van der Waals surface area contributed by atoms with Gasteiger partial charge in [0.2, 0.25) is 0 Å². The van der Waals surface area contributed by atoms with Crippen molar-refractivity contribution in [1.29, 1.82) is 0 Å². The van der Waals surface area contributed by atoms with Gasteiger partial charge in [-0.1, -0.05) is 12.1 Å². The minimum Gasteiger partial charge on any atom is -0.393 e. The topological polar surface area (TPSA) is 35.5 Å². The Kier molecular flexibility index (Phi) is 3.27. The van der Waals surface area contributed by atoms with E-state index in [4.69, 9.17) is 0 Å². The molecule has 2 N–H and O–H groups in total. The second kappa shape index (κ2) is 4.90. The first-order valence-corrected chi connectivity index (χ1v) is 6.94. The molecule has 3 unspecified atom stereocenters. The van der Waals surface area contributed by atoms with E-state index < -0.39 is 0 Å². The Morgan fingerprint density at radius 1 is 1.22 bits per heavy atom. The van der Waals surface area contributed by atoms with Gasteiger partial charge in [-0.15, -0.1) is 0 Å². The number of rotatable bonds is 3. The second-order valence-electron chi connectivity index (χ2n) is 5.67. The number of aliphatic hydroxyl groups excluding tert-OH is 1. The maximum absolute atomic E-state index is 9.94. The summed E-state index contributed by atoms with van der Waals surface area (Å²) in [5, 5.41) is 13.1. The number of benzene rings is 1. The highest BCUT2D eigenvalue weighted by Gasteiger charge is 2.41. The predicted octanol–water partition coefficient (Wildman–Crippen LogP) is 1.61. The molecule has 0 aromatic heterocycles. The van der Waals surface area contributed by atoms with Crippen LogP contribution in [0.2, 0.25) is 0 Å². The molecule has 0 spiro atoms. The fraction of sp³-hybridized carbons (Fsp3) is 0.600. The summed E-state index contributed by atoms with van der Waals surface area (Å²) in [4.78, 5) is 2.43. The van der Waals surface area contributed by atoms with Crippen LogP contribution in [0.4, 0.5) is 5.69 Å². The molecule has 3 heteroatoms. The summed E-state index contributed by atoms with van der Waals surface area (Å²) in [6.07, 6.45) is 2.13. The van der Waals surface area contributed by atoms with Crippen LogP contribution < -0.4 is 10.2 Å². The third-order valence-corrected chi connectivity index (χ3v) is 4.50. The molecule has 1 heterocycles. The number of nitrogens with zero attached hydrogens (tertiary/aromatic N) is 1. The third-order valence-electron chi connectivity index (χ3n) is 4.50. The van der Waals surface area contributed by atoms with Gasteiger partial charge in [-0.2, -0.15) is 0 Å². The Hall–Kier alpha value is -1.06. The number of nitrogens with one attached hydrogen (secondary N) is 1. The van der Waals surface area contributed by atoms with Crippen LogP contribution in [0, 0.1) is 11.8 Å². The maximum atomic E-state index is 9.94. The highest BCUT2D eigenvalue weighted by molar-refractivity contribution is 5.49. The van der Waals surface area contributed by atoms with Gasteiger partial charge in [0.1, 0.15) is 0 Å². The largest absolute Gasteiger partial charge is 0.393 e. The summed E-state index contributed by atoms with van der Waals surface area (Å²) >= 11 is 0. The molecule has 1 aromatic rings. The summed E-state index contributed by atoms with van der Waals surface area (Å²) < 4.78 is 0. The molecule has 0 bridgehead atoms. The summed E-state index contributed by atoms with van der Waals surface area (Å²) in [5.41, 5.74) is 2.62. The average molecular weight is 246 g/mol. The normalized spacial score (nSPS) is 30.8. The molecule has 3 rings (SSSR count). The first-order chi connectivity index (χ1) is 8.78. The smallest absolute Gasteiger partial charge is 0.0588 e. The molecular weight excluding hydrogens is 224 g/mol. The van der Waals surface area contributed by atoms with Gasteiger partial charge in [0.25, 0.3) is 0 Å². The Labute approximate surface area is 109 Å². The molecule has 0 amide bonds. The van der Waals surface area contributed by atoms with Crippen molar-refractivity contribution < 1.29 is 5.11 Å². The summed E-state index contributed by atoms with van der Waals surface area (Å²) in [7, 11) is 1.97. The van der Waals surface area contributed by atoms with Crippen molar-refractivity contribution in [2.75, 3.05) is 25.0 Å². The molecule has 3 atom stereocenters. The number of hydrogen-bond acceptors (Lipinski definition) is 3. The van der Waals surface area contributed by atoms with Crippen molar-refractivity contribution in [3.8, 4) is 0 Å². The molecule has 1 saturated heterocycles. The van der Waals surface area contributed by atoms with E-state index in [1.807, 2.05) is 7.05 Å². The monoisotopic (exact) mass is 246 g/mol. The fourth-order valence-corrected chi connectivity index (χ4v) is 3.48. The number of anilines is 1. The van der Waals surface area contributed by atoms with E-state index in [1.54, 1.807) is 0 Å². The van der Waals surface area contributed by atoms with Crippen LogP contribution in [0.25, 0.3) is 0 Å². The standard InChI is InChI=1S/C15H22N2O/c1-16-8-11-2-5-13(6-3-11)17-9-12-4-7-15(18)14(12)10-17/h2-3,5-6,12,14-16,18H,4,7-10H2,1H3. The molecule has 1 aliphatic carbocycles. The van der Waals surface area contributed by atoms with E-state index >= 15 is 0 Å². The van der Waals surface area contributed by atoms with Crippen molar-refractivity contribution in [3.63, 3.8) is 0 Å². The summed E-state index contributed by atoms with van der Waals surface area (Å²) in [6.45, 7) is 3.06. The molecule has 98 valence electrons. The predicted molar refractivity (Wildman–Crippen MR) is 73.6 cm³/mol. The molecule has 1 aromatic carbocycles.